The maximum Gasteiger partial charge on any atom is 0.270 e. The molecule has 1 saturated heterocycles. The third-order valence-corrected chi connectivity index (χ3v) is 4.92. The van der Waals surface area contributed by atoms with Crippen molar-refractivity contribution < 1.29 is 4.79 Å². The van der Waals surface area contributed by atoms with E-state index in [2.05, 4.69) is 9.88 Å². The third kappa shape index (κ3) is 2.63. The van der Waals surface area contributed by atoms with Crippen LogP contribution in [0.2, 0.25) is 10.0 Å². The standard InChI is InChI=1S/C15H17Cl2N3O/c1-19(2)9-5-6-20(8-9)15(21)13-7-10-12(18-13)4-3-11(16)14(10)17/h3-4,7,9,18H,5-6,8H2,1-2H3/t9-/m1/s1. The molecule has 0 unspecified atom stereocenters. The van der Waals surface area contributed by atoms with E-state index in [1.165, 1.54) is 0 Å². The fraction of sp³-hybridized carbons (Fsp3) is 0.400. The zero-order valence-corrected chi connectivity index (χ0v) is 13.5. The molecule has 1 amide bonds. The number of likely N-dealkylation sites (tertiary alicyclic amines) is 1. The van der Waals surface area contributed by atoms with Crippen molar-refractivity contribution in [2.24, 2.45) is 0 Å². The summed E-state index contributed by atoms with van der Waals surface area (Å²) in [6.07, 6.45) is 1.01. The van der Waals surface area contributed by atoms with E-state index < -0.39 is 0 Å². The van der Waals surface area contributed by atoms with Gasteiger partial charge in [-0.15, -0.1) is 0 Å². The Bertz CT molecular complexity index is 696. The number of benzene rings is 1. The van der Waals surface area contributed by atoms with E-state index in [-0.39, 0.29) is 5.91 Å². The summed E-state index contributed by atoms with van der Waals surface area (Å²) in [4.78, 5) is 19.8. The normalized spacial score (nSPS) is 18.9. The van der Waals surface area contributed by atoms with E-state index in [1.807, 2.05) is 25.1 Å². The summed E-state index contributed by atoms with van der Waals surface area (Å²) in [5, 5.41) is 1.77. The van der Waals surface area contributed by atoms with Crippen LogP contribution in [0, 0.1) is 0 Å². The first-order valence-electron chi connectivity index (χ1n) is 6.90. The molecule has 4 nitrogen and oxygen atoms in total. The lowest BCUT2D eigenvalue weighted by Gasteiger charge is -2.20. The number of aromatic amines is 1. The van der Waals surface area contributed by atoms with Crippen molar-refractivity contribution in [3.8, 4) is 0 Å². The molecule has 2 aromatic rings. The van der Waals surface area contributed by atoms with E-state index in [4.69, 9.17) is 23.2 Å². The molecule has 0 aliphatic carbocycles. The van der Waals surface area contributed by atoms with E-state index >= 15 is 0 Å². The molecule has 1 N–H and O–H groups in total. The van der Waals surface area contributed by atoms with Gasteiger partial charge in [-0.05, 0) is 38.7 Å². The minimum atomic E-state index is 0.0164. The summed E-state index contributed by atoms with van der Waals surface area (Å²) in [6.45, 7) is 1.54. The van der Waals surface area contributed by atoms with Crippen molar-refractivity contribution in [2.45, 2.75) is 12.5 Å². The van der Waals surface area contributed by atoms with Crippen LogP contribution >= 0.6 is 23.2 Å². The molecule has 1 aromatic carbocycles. The van der Waals surface area contributed by atoms with Gasteiger partial charge in [0, 0.05) is 30.0 Å². The van der Waals surface area contributed by atoms with Crippen molar-refractivity contribution in [3.63, 3.8) is 0 Å². The molecular formula is C15H17Cl2N3O. The van der Waals surface area contributed by atoms with Gasteiger partial charge >= 0.3 is 0 Å². The summed E-state index contributed by atoms with van der Waals surface area (Å²) in [5.74, 6) is 0.0164. The Morgan fingerprint density at radius 2 is 2.14 bits per heavy atom. The number of carbonyl (C=O) groups is 1. The first-order chi connectivity index (χ1) is 9.97. The van der Waals surface area contributed by atoms with Gasteiger partial charge in [0.15, 0.2) is 0 Å². The van der Waals surface area contributed by atoms with Crippen LogP contribution in [0.3, 0.4) is 0 Å². The van der Waals surface area contributed by atoms with Crippen LogP contribution in [0.25, 0.3) is 10.9 Å². The van der Waals surface area contributed by atoms with Gasteiger partial charge in [-0.1, -0.05) is 23.2 Å². The molecule has 0 bridgehead atoms. The zero-order valence-electron chi connectivity index (χ0n) is 12.0. The Kier molecular flexibility index (Phi) is 3.86. The fourth-order valence-corrected chi connectivity index (χ4v) is 3.16. The van der Waals surface area contributed by atoms with E-state index in [0.29, 0.717) is 21.8 Å². The fourth-order valence-electron chi connectivity index (χ4n) is 2.78. The second-order valence-electron chi connectivity index (χ2n) is 5.66. The highest BCUT2D eigenvalue weighted by atomic mass is 35.5. The minimum Gasteiger partial charge on any atom is -0.350 e. The summed E-state index contributed by atoms with van der Waals surface area (Å²) in [7, 11) is 4.09. The van der Waals surface area contributed by atoms with Gasteiger partial charge < -0.3 is 14.8 Å². The van der Waals surface area contributed by atoms with Gasteiger partial charge in [-0.2, -0.15) is 0 Å². The van der Waals surface area contributed by atoms with Gasteiger partial charge in [0.1, 0.15) is 5.69 Å². The number of aromatic nitrogens is 1. The zero-order chi connectivity index (χ0) is 15.1. The monoisotopic (exact) mass is 325 g/mol. The highest BCUT2D eigenvalue weighted by Crippen LogP contribution is 2.31. The number of likely N-dealkylation sites (N-methyl/N-ethyl adjacent to an activating group) is 1. The first kappa shape index (κ1) is 14.7. The van der Waals surface area contributed by atoms with Crippen molar-refractivity contribution in [3.05, 3.63) is 33.9 Å². The summed E-state index contributed by atoms with van der Waals surface area (Å²) < 4.78 is 0. The van der Waals surface area contributed by atoms with Crippen molar-refractivity contribution in [1.29, 1.82) is 0 Å². The summed E-state index contributed by atoms with van der Waals surface area (Å²) in [5.41, 5.74) is 1.39. The van der Waals surface area contributed by atoms with E-state index in [1.54, 1.807) is 12.1 Å². The Labute approximate surface area is 133 Å². The summed E-state index contributed by atoms with van der Waals surface area (Å²) >= 11 is 12.2. The number of nitrogens with zero attached hydrogens (tertiary/aromatic N) is 2. The number of H-pyrrole nitrogens is 1. The highest BCUT2D eigenvalue weighted by Gasteiger charge is 2.28. The Hall–Kier alpha value is -1.23. The van der Waals surface area contributed by atoms with Crippen LogP contribution in [0.15, 0.2) is 18.2 Å². The Morgan fingerprint density at radius 1 is 1.38 bits per heavy atom. The van der Waals surface area contributed by atoms with Crippen LogP contribution in [-0.2, 0) is 0 Å². The van der Waals surface area contributed by atoms with Crippen LogP contribution in [0.5, 0.6) is 0 Å². The highest BCUT2D eigenvalue weighted by molar-refractivity contribution is 6.45. The second-order valence-corrected chi connectivity index (χ2v) is 6.45. The topological polar surface area (TPSA) is 39.3 Å². The van der Waals surface area contributed by atoms with Crippen LogP contribution < -0.4 is 0 Å². The van der Waals surface area contributed by atoms with Gasteiger partial charge in [-0.25, -0.2) is 0 Å². The molecule has 1 aromatic heterocycles. The number of amides is 1. The maximum absolute atomic E-state index is 12.6. The number of halogens is 2. The van der Waals surface area contributed by atoms with Crippen molar-refractivity contribution >= 4 is 40.0 Å². The average molecular weight is 326 g/mol. The number of fused-ring (bicyclic) bond motifs is 1. The molecule has 21 heavy (non-hydrogen) atoms. The molecule has 1 fully saturated rings. The third-order valence-electron chi connectivity index (χ3n) is 4.10. The largest absolute Gasteiger partial charge is 0.350 e. The van der Waals surface area contributed by atoms with Crippen LogP contribution in [0.1, 0.15) is 16.9 Å². The number of hydrogen-bond acceptors (Lipinski definition) is 2. The Morgan fingerprint density at radius 3 is 2.81 bits per heavy atom. The number of nitrogens with one attached hydrogen (secondary N) is 1. The molecule has 1 aliphatic rings. The molecule has 2 heterocycles. The van der Waals surface area contributed by atoms with E-state index in [0.717, 1.165) is 30.4 Å². The molecular weight excluding hydrogens is 309 g/mol. The molecule has 112 valence electrons. The molecule has 0 spiro atoms. The molecule has 0 radical (unpaired) electrons. The number of rotatable bonds is 2. The second kappa shape index (κ2) is 5.52. The lowest BCUT2D eigenvalue weighted by atomic mass is 10.2. The molecule has 1 aliphatic heterocycles. The maximum atomic E-state index is 12.6. The van der Waals surface area contributed by atoms with Gasteiger partial charge in [0.2, 0.25) is 0 Å². The van der Waals surface area contributed by atoms with Gasteiger partial charge in [0.05, 0.1) is 10.0 Å². The number of carbonyl (C=O) groups excluding carboxylic acids is 1. The first-order valence-corrected chi connectivity index (χ1v) is 7.65. The Balaban J connectivity index is 1.87. The smallest absolute Gasteiger partial charge is 0.270 e. The lowest BCUT2D eigenvalue weighted by molar-refractivity contribution is 0.0778. The van der Waals surface area contributed by atoms with Crippen LogP contribution in [-0.4, -0.2) is 53.9 Å². The predicted molar refractivity (Wildman–Crippen MR) is 86.3 cm³/mol. The van der Waals surface area contributed by atoms with Gasteiger partial charge in [0.25, 0.3) is 5.91 Å². The molecule has 0 saturated carbocycles. The molecule has 3 rings (SSSR count). The quantitative estimate of drug-likeness (QED) is 0.920. The molecule has 1 atom stereocenters. The van der Waals surface area contributed by atoms with E-state index in [9.17, 15) is 4.79 Å². The number of hydrogen-bond donors (Lipinski definition) is 1. The van der Waals surface area contributed by atoms with Crippen LogP contribution in [0.4, 0.5) is 0 Å². The van der Waals surface area contributed by atoms with Crippen molar-refractivity contribution in [1.82, 2.24) is 14.8 Å². The van der Waals surface area contributed by atoms with Crippen molar-refractivity contribution in [2.75, 3.05) is 27.2 Å². The minimum absolute atomic E-state index is 0.0164. The predicted octanol–water partition coefficient (Wildman–Crippen LogP) is 3.25. The lowest BCUT2D eigenvalue weighted by Crippen LogP contribution is -2.34. The van der Waals surface area contributed by atoms with Gasteiger partial charge in [-0.3, -0.25) is 4.79 Å². The SMILES string of the molecule is CN(C)[C@@H]1CCN(C(=O)c2cc3c(Cl)c(Cl)ccc3[nH]2)C1. The summed E-state index contributed by atoms with van der Waals surface area (Å²) in [6, 6.07) is 5.79. The average Bonchev–Trinajstić information content (AvgIpc) is 3.09. The molecule has 6 heteroatoms.